The number of carbonyl (C=O) groups is 2. The minimum atomic E-state index is -0.670. The third-order valence-electron chi connectivity index (χ3n) is 3.21. The van der Waals surface area contributed by atoms with Gasteiger partial charge >= 0.3 is 5.97 Å². The van der Waals surface area contributed by atoms with Crippen molar-refractivity contribution in [2.45, 2.75) is 13.8 Å². The van der Waals surface area contributed by atoms with Gasteiger partial charge in [-0.2, -0.15) is 0 Å². The number of nitrogens with one attached hydrogen (secondary N) is 1. The number of hydrogen-bond acceptors (Lipinski definition) is 4. The summed E-state index contributed by atoms with van der Waals surface area (Å²) >= 11 is 5.75. The Labute approximate surface area is 156 Å². The van der Waals surface area contributed by atoms with Crippen LogP contribution in [0.5, 0.6) is 5.75 Å². The minimum Gasteiger partial charge on any atom is -0.493 e. The molecule has 0 heterocycles. The zero-order valence-corrected chi connectivity index (χ0v) is 15.2. The van der Waals surface area contributed by atoms with Crippen molar-refractivity contribution >= 4 is 29.2 Å². The van der Waals surface area contributed by atoms with Crippen LogP contribution in [0.4, 0.5) is 10.1 Å². The Bertz CT molecular complexity index is 778. The van der Waals surface area contributed by atoms with Crippen molar-refractivity contribution < 1.29 is 23.5 Å². The van der Waals surface area contributed by atoms with E-state index in [-0.39, 0.29) is 16.3 Å². The molecule has 5 nitrogen and oxygen atoms in total. The normalized spacial score (nSPS) is 10.5. The van der Waals surface area contributed by atoms with Gasteiger partial charge in [-0.25, -0.2) is 9.18 Å². The maximum Gasteiger partial charge on any atom is 0.338 e. The Morgan fingerprint density at radius 1 is 1.15 bits per heavy atom. The van der Waals surface area contributed by atoms with Gasteiger partial charge in [-0.3, -0.25) is 4.79 Å². The van der Waals surface area contributed by atoms with Crippen molar-refractivity contribution in [3.8, 4) is 5.75 Å². The molecule has 0 saturated carbocycles. The molecule has 0 aliphatic rings. The van der Waals surface area contributed by atoms with Gasteiger partial charge in [0.2, 0.25) is 0 Å². The molecule has 0 aromatic heterocycles. The highest BCUT2D eigenvalue weighted by Crippen LogP contribution is 2.19. The Balaban J connectivity index is 1.85. The summed E-state index contributed by atoms with van der Waals surface area (Å²) in [7, 11) is 0. The third kappa shape index (κ3) is 6.04. The molecular weight excluding hydrogens is 361 g/mol. The summed E-state index contributed by atoms with van der Waals surface area (Å²) in [6.45, 7) is 4.10. The van der Waals surface area contributed by atoms with E-state index in [0.717, 1.165) is 6.07 Å². The van der Waals surface area contributed by atoms with E-state index in [9.17, 15) is 14.0 Å². The lowest BCUT2D eigenvalue weighted by Gasteiger charge is -2.10. The number of hydrogen-bond donors (Lipinski definition) is 1. The summed E-state index contributed by atoms with van der Waals surface area (Å²) in [4.78, 5) is 23.8. The summed E-state index contributed by atoms with van der Waals surface area (Å²) in [5.41, 5.74) is 0.203. The Morgan fingerprint density at radius 2 is 1.85 bits per heavy atom. The first kappa shape index (κ1) is 19.7. The lowest BCUT2D eigenvalue weighted by Crippen LogP contribution is -2.21. The molecule has 1 amide bonds. The molecule has 26 heavy (non-hydrogen) atoms. The molecule has 0 saturated heterocycles. The fourth-order valence-corrected chi connectivity index (χ4v) is 2.12. The Morgan fingerprint density at radius 3 is 2.50 bits per heavy atom. The van der Waals surface area contributed by atoms with E-state index in [4.69, 9.17) is 21.1 Å². The van der Waals surface area contributed by atoms with E-state index in [1.165, 1.54) is 12.1 Å². The van der Waals surface area contributed by atoms with Crippen LogP contribution < -0.4 is 10.1 Å². The second-order valence-electron chi connectivity index (χ2n) is 5.98. The quantitative estimate of drug-likeness (QED) is 0.728. The van der Waals surface area contributed by atoms with Gasteiger partial charge in [0.15, 0.2) is 6.61 Å². The highest BCUT2D eigenvalue weighted by Gasteiger charge is 2.12. The first-order valence-electron chi connectivity index (χ1n) is 8.00. The topological polar surface area (TPSA) is 64.6 Å². The highest BCUT2D eigenvalue weighted by molar-refractivity contribution is 6.30. The highest BCUT2D eigenvalue weighted by atomic mass is 35.5. The lowest BCUT2D eigenvalue weighted by molar-refractivity contribution is -0.119. The van der Waals surface area contributed by atoms with Gasteiger partial charge in [-0.05, 0) is 48.4 Å². The van der Waals surface area contributed by atoms with Crippen LogP contribution in [0.1, 0.15) is 24.2 Å². The molecule has 1 N–H and O–H groups in total. The van der Waals surface area contributed by atoms with Crippen LogP contribution >= 0.6 is 11.6 Å². The molecule has 0 bridgehead atoms. The second kappa shape index (κ2) is 9.20. The predicted octanol–water partition coefficient (Wildman–Crippen LogP) is 4.31. The zero-order chi connectivity index (χ0) is 19.1. The van der Waals surface area contributed by atoms with Crippen molar-refractivity contribution in [2.24, 2.45) is 5.92 Å². The SMILES string of the molecule is CC(C)COc1ccc(C(=O)OCC(=O)Nc2cc(Cl)ccc2F)cc1. The summed E-state index contributed by atoms with van der Waals surface area (Å²) in [6, 6.07) is 10.2. The molecule has 0 aliphatic heterocycles. The van der Waals surface area contributed by atoms with Crippen molar-refractivity contribution in [2.75, 3.05) is 18.5 Å². The van der Waals surface area contributed by atoms with Gasteiger partial charge in [0.1, 0.15) is 11.6 Å². The average molecular weight is 380 g/mol. The summed E-state index contributed by atoms with van der Waals surface area (Å²) in [5.74, 6) is -0.934. The molecule has 2 rings (SSSR count). The van der Waals surface area contributed by atoms with Crippen LogP contribution in [-0.2, 0) is 9.53 Å². The first-order valence-corrected chi connectivity index (χ1v) is 8.38. The van der Waals surface area contributed by atoms with Crippen molar-refractivity contribution in [1.82, 2.24) is 0 Å². The molecule has 0 spiro atoms. The number of rotatable bonds is 7. The van der Waals surface area contributed by atoms with E-state index in [1.54, 1.807) is 24.3 Å². The molecule has 0 radical (unpaired) electrons. The summed E-state index contributed by atoms with van der Waals surface area (Å²) in [6.07, 6.45) is 0. The number of esters is 1. The fraction of sp³-hybridized carbons (Fsp3) is 0.263. The van der Waals surface area contributed by atoms with Gasteiger partial charge in [-0.1, -0.05) is 25.4 Å². The number of ether oxygens (including phenoxy) is 2. The van der Waals surface area contributed by atoms with Crippen LogP contribution in [0.3, 0.4) is 0 Å². The van der Waals surface area contributed by atoms with Gasteiger partial charge < -0.3 is 14.8 Å². The predicted molar refractivity (Wildman–Crippen MR) is 97.1 cm³/mol. The van der Waals surface area contributed by atoms with Crippen LogP contribution in [-0.4, -0.2) is 25.1 Å². The van der Waals surface area contributed by atoms with Crippen molar-refractivity contribution in [3.63, 3.8) is 0 Å². The monoisotopic (exact) mass is 379 g/mol. The van der Waals surface area contributed by atoms with E-state index >= 15 is 0 Å². The molecule has 0 atom stereocenters. The number of halogens is 2. The molecule has 7 heteroatoms. The number of anilines is 1. The van der Waals surface area contributed by atoms with Gasteiger partial charge in [0.05, 0.1) is 17.9 Å². The number of amides is 1. The van der Waals surface area contributed by atoms with E-state index in [1.807, 2.05) is 13.8 Å². The van der Waals surface area contributed by atoms with E-state index in [2.05, 4.69) is 5.32 Å². The molecule has 138 valence electrons. The van der Waals surface area contributed by atoms with Gasteiger partial charge in [0, 0.05) is 5.02 Å². The van der Waals surface area contributed by atoms with Crippen molar-refractivity contribution in [1.29, 1.82) is 0 Å². The molecule has 0 unspecified atom stereocenters. The number of carbonyl (C=O) groups excluding carboxylic acids is 2. The van der Waals surface area contributed by atoms with Gasteiger partial charge in [-0.15, -0.1) is 0 Å². The minimum absolute atomic E-state index is 0.0785. The van der Waals surface area contributed by atoms with Crippen LogP contribution in [0.25, 0.3) is 0 Å². The third-order valence-corrected chi connectivity index (χ3v) is 3.45. The molecule has 2 aromatic carbocycles. The number of benzene rings is 2. The van der Waals surface area contributed by atoms with Crippen LogP contribution in [0.15, 0.2) is 42.5 Å². The van der Waals surface area contributed by atoms with Crippen LogP contribution in [0.2, 0.25) is 5.02 Å². The maximum absolute atomic E-state index is 13.6. The molecule has 0 aliphatic carbocycles. The summed E-state index contributed by atoms with van der Waals surface area (Å²) < 4.78 is 24.0. The van der Waals surface area contributed by atoms with Crippen LogP contribution in [0, 0.1) is 11.7 Å². The zero-order valence-electron chi connectivity index (χ0n) is 14.4. The molecule has 2 aromatic rings. The van der Waals surface area contributed by atoms with Crippen molar-refractivity contribution in [3.05, 3.63) is 58.9 Å². The second-order valence-corrected chi connectivity index (χ2v) is 6.41. The van der Waals surface area contributed by atoms with Gasteiger partial charge in [0.25, 0.3) is 5.91 Å². The fourth-order valence-electron chi connectivity index (χ4n) is 1.94. The van der Waals surface area contributed by atoms with E-state index < -0.39 is 24.3 Å². The lowest BCUT2D eigenvalue weighted by atomic mass is 10.2. The molecular formula is C19H19ClFNO4. The first-order chi connectivity index (χ1) is 12.3. The Kier molecular flexibility index (Phi) is 6.97. The Hall–Kier alpha value is -2.60. The molecule has 0 fully saturated rings. The summed E-state index contributed by atoms with van der Waals surface area (Å²) in [5, 5.41) is 2.58. The standard InChI is InChI=1S/C19H19ClFNO4/c1-12(2)10-25-15-6-3-13(4-7-15)19(24)26-11-18(23)22-17-9-14(20)5-8-16(17)21/h3-9,12H,10-11H2,1-2H3,(H,22,23). The van der Waals surface area contributed by atoms with E-state index in [0.29, 0.717) is 18.3 Å². The largest absolute Gasteiger partial charge is 0.493 e. The maximum atomic E-state index is 13.6. The smallest absolute Gasteiger partial charge is 0.338 e. The average Bonchev–Trinajstić information content (AvgIpc) is 2.61.